The highest BCUT2D eigenvalue weighted by molar-refractivity contribution is 6.74. The van der Waals surface area contributed by atoms with E-state index in [1.807, 2.05) is 29.2 Å². The first-order valence-electron chi connectivity index (χ1n) is 13.3. The number of nitrogens with zero attached hydrogens (tertiary/aromatic N) is 6. The lowest BCUT2D eigenvalue weighted by molar-refractivity contribution is 0.183. The second-order valence-corrected chi connectivity index (χ2v) is 16.7. The molecular formula is C28H37BN7O3Si. The highest BCUT2D eigenvalue weighted by atomic mass is 28.4. The summed E-state index contributed by atoms with van der Waals surface area (Å²) in [6.45, 7) is 15.5. The van der Waals surface area contributed by atoms with E-state index in [-0.39, 0.29) is 5.04 Å². The van der Waals surface area contributed by atoms with E-state index in [4.69, 9.17) is 14.1 Å². The number of rotatable bonds is 11. The number of benzene rings is 1. The molecule has 0 bridgehead atoms. The Hall–Kier alpha value is -3.53. The molecule has 0 saturated heterocycles. The highest BCUT2D eigenvalue weighted by Gasteiger charge is 2.44. The molecule has 0 amide bonds. The molecule has 0 spiro atoms. The Morgan fingerprint density at radius 3 is 2.75 bits per heavy atom. The van der Waals surface area contributed by atoms with Gasteiger partial charge < -0.3 is 24.1 Å². The summed E-state index contributed by atoms with van der Waals surface area (Å²) >= 11 is 0. The summed E-state index contributed by atoms with van der Waals surface area (Å²) in [4.78, 5) is 22.5. The summed E-state index contributed by atoms with van der Waals surface area (Å²) < 4.78 is 13.6. The molecule has 1 atom stereocenters. The summed E-state index contributed by atoms with van der Waals surface area (Å²) in [5.74, 6) is 1.02. The molecule has 2 aromatic heterocycles. The third-order valence-electron chi connectivity index (χ3n) is 7.84. The molecule has 12 heteroatoms. The minimum Gasteiger partial charge on any atom is -0.416 e. The maximum atomic E-state index is 11.5. The first-order valence-corrected chi connectivity index (χ1v) is 16.2. The third-order valence-corrected chi connectivity index (χ3v) is 12.3. The zero-order valence-corrected chi connectivity index (χ0v) is 25.4. The van der Waals surface area contributed by atoms with E-state index in [1.54, 1.807) is 18.0 Å². The fraction of sp³-hybridized carbons (Fsp3) is 0.464. The van der Waals surface area contributed by atoms with Crippen molar-refractivity contribution in [2.75, 3.05) is 37.0 Å². The van der Waals surface area contributed by atoms with Crippen molar-refractivity contribution in [2.45, 2.75) is 57.8 Å². The molecule has 1 unspecified atom stereocenters. The van der Waals surface area contributed by atoms with E-state index in [0.29, 0.717) is 49.3 Å². The number of carbonyl (C=O) groups is 1. The van der Waals surface area contributed by atoms with Gasteiger partial charge in [0.2, 0.25) is 5.95 Å². The molecule has 0 saturated carbocycles. The van der Waals surface area contributed by atoms with Crippen LogP contribution in [0, 0.1) is 11.3 Å². The first kappa shape index (κ1) is 29.5. The van der Waals surface area contributed by atoms with Gasteiger partial charge in [0.25, 0.3) is 0 Å². The number of hydrogen-bond donors (Lipinski definition) is 1. The van der Waals surface area contributed by atoms with Gasteiger partial charge in [-0.3, -0.25) is 4.68 Å². The molecular weight excluding hydrogens is 521 g/mol. The summed E-state index contributed by atoms with van der Waals surface area (Å²) in [7, 11) is 1.11. The van der Waals surface area contributed by atoms with Gasteiger partial charge in [-0.15, -0.1) is 0 Å². The van der Waals surface area contributed by atoms with Crippen molar-refractivity contribution in [3.8, 4) is 17.3 Å². The van der Waals surface area contributed by atoms with Crippen LogP contribution in [0.25, 0.3) is 11.3 Å². The number of aromatic nitrogens is 4. The second kappa shape index (κ2) is 11.5. The Labute approximate surface area is 238 Å². The van der Waals surface area contributed by atoms with Gasteiger partial charge in [-0.05, 0) is 41.9 Å². The molecule has 1 aromatic carbocycles. The molecule has 0 aliphatic carbocycles. The van der Waals surface area contributed by atoms with Crippen LogP contribution in [0.15, 0.2) is 36.7 Å². The van der Waals surface area contributed by atoms with Gasteiger partial charge in [-0.25, -0.2) is 9.97 Å². The predicted octanol–water partition coefficient (Wildman–Crippen LogP) is 4.51. The first-order chi connectivity index (χ1) is 18.9. The fourth-order valence-electron chi connectivity index (χ4n) is 4.49. The Bertz CT molecular complexity index is 1420. The lowest BCUT2D eigenvalue weighted by atomic mass is 9.83. The number of methoxy groups -OCH3 is 1. The Morgan fingerprint density at radius 2 is 2.08 bits per heavy atom. The molecule has 1 radical (unpaired) electrons. The summed E-state index contributed by atoms with van der Waals surface area (Å²) in [6.07, 6.45) is 4.30. The maximum absolute atomic E-state index is 11.5. The molecule has 1 aliphatic rings. The third kappa shape index (κ3) is 6.12. The standard InChI is InChI=1S/C28H37BN7O3Si/c1-27(2,3)40(6,7)39-18-28(4)17-36(29-19-37)25-21(16-30)14-20(15-22(25)28)23-8-10-31-26(32-23)33-24-9-11-35(34-24)12-13-38-5/h8-11,14-15,19H,12-13,17-18H2,1-7H3,(H,31,32,33,34). The van der Waals surface area contributed by atoms with E-state index in [9.17, 15) is 10.1 Å². The summed E-state index contributed by atoms with van der Waals surface area (Å²) in [5.41, 5.74) is 3.21. The van der Waals surface area contributed by atoms with Crippen molar-refractivity contribution in [3.63, 3.8) is 0 Å². The van der Waals surface area contributed by atoms with Crippen LogP contribution >= 0.6 is 0 Å². The maximum Gasteiger partial charge on any atom is 0.329 e. The molecule has 40 heavy (non-hydrogen) atoms. The number of nitriles is 1. The largest absolute Gasteiger partial charge is 0.416 e. The zero-order chi connectivity index (χ0) is 29.1. The molecule has 209 valence electrons. The smallest absolute Gasteiger partial charge is 0.329 e. The Morgan fingerprint density at radius 1 is 1.30 bits per heavy atom. The fourth-order valence-corrected chi connectivity index (χ4v) is 5.60. The average molecular weight is 559 g/mol. The Balaban J connectivity index is 1.69. The molecule has 0 fully saturated rings. The molecule has 3 aromatic rings. The minimum absolute atomic E-state index is 0.0586. The Kier molecular flexibility index (Phi) is 8.49. The van der Waals surface area contributed by atoms with Crippen LogP contribution in [0.1, 0.15) is 38.8 Å². The summed E-state index contributed by atoms with van der Waals surface area (Å²) in [6, 6.07) is 9.89. The van der Waals surface area contributed by atoms with E-state index in [2.05, 4.69) is 68.3 Å². The van der Waals surface area contributed by atoms with Crippen LogP contribution in [0.5, 0.6) is 0 Å². The summed E-state index contributed by atoms with van der Waals surface area (Å²) in [5, 5.41) is 17.8. The van der Waals surface area contributed by atoms with Gasteiger partial charge in [0.15, 0.2) is 14.1 Å². The number of carbonyl (C=O) groups excluding carboxylic acids is 1. The molecule has 3 heterocycles. The number of hydrogen-bond acceptors (Lipinski definition) is 9. The topological polar surface area (TPSA) is 118 Å². The van der Waals surface area contributed by atoms with Gasteiger partial charge in [0, 0.05) is 55.4 Å². The van der Waals surface area contributed by atoms with E-state index in [0.717, 1.165) is 23.0 Å². The molecule has 4 rings (SSSR count). The average Bonchev–Trinajstić information content (AvgIpc) is 3.47. The van der Waals surface area contributed by atoms with Crippen LogP contribution in [-0.2, 0) is 25.9 Å². The molecule has 10 nitrogen and oxygen atoms in total. The van der Waals surface area contributed by atoms with E-state index in [1.165, 1.54) is 7.41 Å². The van der Waals surface area contributed by atoms with Crippen LogP contribution in [0.3, 0.4) is 0 Å². The van der Waals surface area contributed by atoms with Crippen molar-refractivity contribution in [1.82, 2.24) is 19.7 Å². The number of anilines is 3. The number of nitrogens with one attached hydrogen (secondary N) is 1. The van der Waals surface area contributed by atoms with Gasteiger partial charge in [-0.2, -0.15) is 10.4 Å². The van der Waals surface area contributed by atoms with Crippen molar-refractivity contribution in [1.29, 1.82) is 5.26 Å². The zero-order valence-electron chi connectivity index (χ0n) is 24.4. The van der Waals surface area contributed by atoms with Gasteiger partial charge in [0.05, 0.1) is 24.4 Å². The van der Waals surface area contributed by atoms with Gasteiger partial charge >= 0.3 is 7.41 Å². The van der Waals surface area contributed by atoms with Gasteiger partial charge in [-0.1, -0.05) is 27.7 Å². The quantitative estimate of drug-likeness (QED) is 0.268. The van der Waals surface area contributed by atoms with Gasteiger partial charge in [0.1, 0.15) is 12.3 Å². The highest BCUT2D eigenvalue weighted by Crippen LogP contribution is 2.46. The normalized spacial score (nSPS) is 16.9. The molecule has 1 aliphatic heterocycles. The predicted molar refractivity (Wildman–Crippen MR) is 160 cm³/mol. The van der Waals surface area contributed by atoms with Crippen molar-refractivity contribution in [3.05, 3.63) is 47.8 Å². The van der Waals surface area contributed by atoms with Crippen molar-refractivity contribution >= 4 is 39.4 Å². The monoisotopic (exact) mass is 558 g/mol. The van der Waals surface area contributed by atoms with E-state index >= 15 is 0 Å². The number of fused-ring (bicyclic) bond motifs is 1. The van der Waals surface area contributed by atoms with Crippen molar-refractivity contribution < 1.29 is 14.0 Å². The SMILES string of the molecule is COCCn1ccc(Nc2nccc(-c3cc(C#N)c4c(c3)C(C)(CO[Si](C)(C)C(C)(C)C)CN4[B]C=O)n2)n1. The number of ether oxygens (including phenoxy) is 1. The van der Waals surface area contributed by atoms with Crippen LogP contribution < -0.4 is 10.1 Å². The molecule has 1 N–H and O–H groups in total. The second-order valence-electron chi connectivity index (χ2n) is 11.9. The van der Waals surface area contributed by atoms with Crippen LogP contribution in [0.2, 0.25) is 18.1 Å². The lowest BCUT2D eigenvalue weighted by Crippen LogP contribution is -2.46. The van der Waals surface area contributed by atoms with Crippen LogP contribution in [0.4, 0.5) is 17.5 Å². The van der Waals surface area contributed by atoms with E-state index < -0.39 is 13.7 Å². The lowest BCUT2D eigenvalue weighted by Gasteiger charge is -2.39. The minimum atomic E-state index is -2.04. The van der Waals surface area contributed by atoms with Crippen LogP contribution in [-0.4, -0.2) is 68.5 Å². The van der Waals surface area contributed by atoms with Crippen molar-refractivity contribution in [2.24, 2.45) is 0 Å².